The fraction of sp³-hybridized carbons (Fsp3) is 0.407. The molecule has 0 unspecified atom stereocenters. The molecular formula is C27H30N2O4. The molecule has 2 heterocycles. The number of nitrogens with zero attached hydrogens (tertiary/aromatic N) is 1. The number of carbonyl (C=O) groups is 1. The fourth-order valence-corrected chi connectivity index (χ4v) is 4.85. The maximum atomic E-state index is 12.7. The van der Waals surface area contributed by atoms with E-state index in [0.717, 1.165) is 35.7 Å². The molecule has 1 aliphatic carbocycles. The van der Waals surface area contributed by atoms with E-state index in [1.54, 1.807) is 6.20 Å². The van der Waals surface area contributed by atoms with Crippen LogP contribution in [0.1, 0.15) is 49.1 Å². The summed E-state index contributed by atoms with van der Waals surface area (Å²) in [5.74, 6) is 2.95. The minimum atomic E-state index is -0.0486. The first kappa shape index (κ1) is 21.6. The molecule has 2 aromatic carbocycles. The molecular weight excluding hydrogens is 416 g/mol. The molecule has 1 amide bonds. The molecule has 0 saturated heterocycles. The normalized spacial score (nSPS) is 16.5. The van der Waals surface area contributed by atoms with Gasteiger partial charge in [0, 0.05) is 30.4 Å². The topological polar surface area (TPSA) is 73.6 Å². The maximum absolute atomic E-state index is 12.7. The quantitative estimate of drug-likeness (QED) is 0.554. The van der Waals surface area contributed by atoms with E-state index in [1.165, 1.54) is 24.0 Å². The van der Waals surface area contributed by atoms with E-state index in [-0.39, 0.29) is 11.3 Å². The summed E-state index contributed by atoms with van der Waals surface area (Å²) in [5, 5.41) is 3.18. The van der Waals surface area contributed by atoms with Gasteiger partial charge in [-0.3, -0.25) is 4.79 Å². The molecule has 0 spiro atoms. The lowest BCUT2D eigenvalue weighted by molar-refractivity contribution is -0.121. The Balaban J connectivity index is 1.19. The van der Waals surface area contributed by atoms with Gasteiger partial charge in [0.25, 0.3) is 0 Å². The monoisotopic (exact) mass is 446 g/mol. The van der Waals surface area contributed by atoms with E-state index < -0.39 is 0 Å². The second-order valence-corrected chi connectivity index (χ2v) is 9.11. The van der Waals surface area contributed by atoms with Crippen LogP contribution in [0, 0.1) is 6.92 Å². The second kappa shape index (κ2) is 9.30. The minimum Gasteiger partial charge on any atom is -0.486 e. The number of nitrogens with one attached hydrogen (secondary N) is 1. The molecule has 1 aliphatic heterocycles. The lowest BCUT2D eigenvalue weighted by Gasteiger charge is -2.31. The van der Waals surface area contributed by atoms with Crippen LogP contribution in [-0.2, 0) is 16.6 Å². The third kappa shape index (κ3) is 4.75. The van der Waals surface area contributed by atoms with Gasteiger partial charge in [-0.2, -0.15) is 0 Å². The first-order valence-corrected chi connectivity index (χ1v) is 11.8. The Morgan fingerprint density at radius 3 is 2.58 bits per heavy atom. The number of ether oxygens (including phenoxy) is 2. The second-order valence-electron chi connectivity index (χ2n) is 9.11. The molecule has 1 fully saturated rings. The summed E-state index contributed by atoms with van der Waals surface area (Å²) in [6.45, 7) is 3.85. The smallest absolute Gasteiger partial charge is 0.220 e. The highest BCUT2D eigenvalue weighted by molar-refractivity contribution is 5.76. The van der Waals surface area contributed by atoms with Gasteiger partial charge in [0.1, 0.15) is 13.2 Å². The number of hydrogen-bond acceptors (Lipinski definition) is 5. The largest absolute Gasteiger partial charge is 0.486 e. The van der Waals surface area contributed by atoms with E-state index in [0.29, 0.717) is 38.5 Å². The van der Waals surface area contributed by atoms with Crippen molar-refractivity contribution in [2.45, 2.75) is 50.9 Å². The van der Waals surface area contributed by atoms with Crippen LogP contribution in [0.3, 0.4) is 0 Å². The summed E-state index contributed by atoms with van der Waals surface area (Å²) in [5.41, 5.74) is 3.37. The summed E-state index contributed by atoms with van der Waals surface area (Å²) >= 11 is 0. The number of amides is 1. The third-order valence-corrected chi connectivity index (χ3v) is 6.79. The Morgan fingerprint density at radius 1 is 1.03 bits per heavy atom. The molecule has 2 aliphatic rings. The van der Waals surface area contributed by atoms with Crippen molar-refractivity contribution in [2.75, 3.05) is 19.8 Å². The van der Waals surface area contributed by atoms with Gasteiger partial charge >= 0.3 is 0 Å². The summed E-state index contributed by atoms with van der Waals surface area (Å²) in [6, 6.07) is 14.4. The minimum absolute atomic E-state index is 0.0221. The molecule has 172 valence electrons. The molecule has 0 atom stereocenters. The van der Waals surface area contributed by atoms with Gasteiger partial charge in [0.2, 0.25) is 5.91 Å². The van der Waals surface area contributed by atoms with Crippen LogP contribution in [0.15, 0.2) is 53.1 Å². The predicted molar refractivity (Wildman–Crippen MR) is 126 cm³/mol. The van der Waals surface area contributed by atoms with E-state index in [2.05, 4.69) is 29.4 Å². The van der Waals surface area contributed by atoms with Gasteiger partial charge in [-0.15, -0.1) is 0 Å². The lowest BCUT2D eigenvalue weighted by Crippen LogP contribution is -2.39. The SMILES string of the molecule is Cc1ccc(-c2cnc(CCC(=O)NCC3(c4ccc5c(c4)OCCO5)CCCC3)o2)cc1. The van der Waals surface area contributed by atoms with E-state index in [9.17, 15) is 4.79 Å². The van der Waals surface area contributed by atoms with Crippen LogP contribution in [0.2, 0.25) is 0 Å². The summed E-state index contributed by atoms with van der Waals surface area (Å²) in [7, 11) is 0. The number of fused-ring (bicyclic) bond motifs is 1. The van der Waals surface area contributed by atoms with Crippen molar-refractivity contribution in [1.29, 1.82) is 0 Å². The van der Waals surface area contributed by atoms with Crippen LogP contribution in [-0.4, -0.2) is 30.6 Å². The van der Waals surface area contributed by atoms with Crippen LogP contribution in [0.25, 0.3) is 11.3 Å². The van der Waals surface area contributed by atoms with E-state index >= 15 is 0 Å². The number of oxazole rings is 1. The Hall–Kier alpha value is -3.28. The van der Waals surface area contributed by atoms with Crippen molar-refractivity contribution < 1.29 is 18.7 Å². The molecule has 1 aromatic heterocycles. The number of aryl methyl sites for hydroxylation is 2. The van der Waals surface area contributed by atoms with Gasteiger partial charge in [-0.05, 0) is 37.5 Å². The zero-order chi connectivity index (χ0) is 22.7. The van der Waals surface area contributed by atoms with Crippen molar-refractivity contribution in [3.05, 3.63) is 65.7 Å². The summed E-state index contributed by atoms with van der Waals surface area (Å²) < 4.78 is 17.3. The Labute approximate surface area is 194 Å². The third-order valence-electron chi connectivity index (χ3n) is 6.79. The molecule has 0 bridgehead atoms. The van der Waals surface area contributed by atoms with Crippen molar-refractivity contribution in [2.24, 2.45) is 0 Å². The van der Waals surface area contributed by atoms with E-state index in [1.807, 2.05) is 30.3 Å². The highest BCUT2D eigenvalue weighted by Gasteiger charge is 2.36. The molecule has 6 nitrogen and oxygen atoms in total. The average Bonchev–Trinajstić information content (AvgIpc) is 3.52. The highest BCUT2D eigenvalue weighted by Crippen LogP contribution is 2.43. The lowest BCUT2D eigenvalue weighted by atomic mass is 9.78. The van der Waals surface area contributed by atoms with Crippen LogP contribution < -0.4 is 14.8 Å². The number of aromatic nitrogens is 1. The zero-order valence-electron chi connectivity index (χ0n) is 19.1. The predicted octanol–water partition coefficient (Wildman–Crippen LogP) is 4.98. The van der Waals surface area contributed by atoms with Gasteiger partial charge in [-0.25, -0.2) is 4.98 Å². The number of hydrogen-bond donors (Lipinski definition) is 1. The summed E-state index contributed by atoms with van der Waals surface area (Å²) in [4.78, 5) is 17.0. The van der Waals surface area contributed by atoms with Crippen LogP contribution in [0.5, 0.6) is 11.5 Å². The zero-order valence-corrected chi connectivity index (χ0v) is 19.1. The molecule has 6 heteroatoms. The average molecular weight is 447 g/mol. The Kier molecular flexibility index (Phi) is 6.07. The standard InChI is InChI=1S/C27H30N2O4/c1-19-4-6-20(7-5-19)24-17-28-26(33-24)11-10-25(30)29-18-27(12-2-3-13-27)21-8-9-22-23(16-21)32-15-14-31-22/h4-9,16-17H,2-3,10-15,18H2,1H3,(H,29,30). The Bertz CT molecular complexity index is 1110. The van der Waals surface area contributed by atoms with Crippen LogP contribution in [0.4, 0.5) is 0 Å². The van der Waals surface area contributed by atoms with Crippen LogP contribution >= 0.6 is 0 Å². The number of benzene rings is 2. The van der Waals surface area contributed by atoms with E-state index in [4.69, 9.17) is 13.9 Å². The molecule has 33 heavy (non-hydrogen) atoms. The highest BCUT2D eigenvalue weighted by atomic mass is 16.6. The molecule has 1 N–H and O–H groups in total. The summed E-state index contributed by atoms with van der Waals surface area (Å²) in [6.07, 6.45) is 7.02. The van der Waals surface area contributed by atoms with Gasteiger partial charge in [0.15, 0.2) is 23.1 Å². The maximum Gasteiger partial charge on any atom is 0.220 e. The molecule has 5 rings (SSSR count). The van der Waals surface area contributed by atoms with Gasteiger partial charge in [-0.1, -0.05) is 48.7 Å². The van der Waals surface area contributed by atoms with Crippen molar-refractivity contribution in [1.82, 2.24) is 10.3 Å². The van der Waals surface area contributed by atoms with Gasteiger partial charge < -0.3 is 19.2 Å². The van der Waals surface area contributed by atoms with Gasteiger partial charge in [0.05, 0.1) is 6.20 Å². The fourth-order valence-electron chi connectivity index (χ4n) is 4.85. The molecule has 0 radical (unpaired) electrons. The van der Waals surface area contributed by atoms with Crippen molar-refractivity contribution in [3.63, 3.8) is 0 Å². The molecule has 1 saturated carbocycles. The van der Waals surface area contributed by atoms with Crippen molar-refractivity contribution in [3.8, 4) is 22.8 Å². The number of carbonyl (C=O) groups excluding carboxylic acids is 1. The first-order valence-electron chi connectivity index (χ1n) is 11.8. The molecule has 3 aromatic rings. The Morgan fingerprint density at radius 2 is 1.79 bits per heavy atom. The number of rotatable bonds is 7. The van der Waals surface area contributed by atoms with Crippen molar-refractivity contribution >= 4 is 5.91 Å². The first-order chi connectivity index (χ1) is 16.1.